The lowest BCUT2D eigenvalue weighted by Crippen LogP contribution is -2.35. The third kappa shape index (κ3) is 6.20. The summed E-state index contributed by atoms with van der Waals surface area (Å²) in [6, 6.07) is 1.57. The Labute approximate surface area is 153 Å². The van der Waals surface area contributed by atoms with E-state index in [4.69, 9.17) is 21.1 Å². The maximum absolute atomic E-state index is 12.8. The largest absolute Gasteiger partial charge is 0.474 e. The quantitative estimate of drug-likeness (QED) is 0.625. The van der Waals surface area contributed by atoms with E-state index in [1.807, 2.05) is 13.8 Å². The number of esters is 1. The number of hydrogen-bond donors (Lipinski definition) is 0. The van der Waals surface area contributed by atoms with Gasteiger partial charge in [-0.05, 0) is 45.6 Å². The maximum atomic E-state index is 12.8. The van der Waals surface area contributed by atoms with Gasteiger partial charge in [0.1, 0.15) is 5.02 Å². The summed E-state index contributed by atoms with van der Waals surface area (Å²) in [4.78, 5) is 30.2. The minimum Gasteiger partial charge on any atom is -0.474 e. The fourth-order valence-corrected chi connectivity index (χ4v) is 2.59. The molecule has 1 saturated carbocycles. The molecule has 1 aromatic heterocycles. The Morgan fingerprint density at radius 2 is 2.12 bits per heavy atom. The lowest BCUT2D eigenvalue weighted by Gasteiger charge is -2.22. The first-order chi connectivity index (χ1) is 11.9. The van der Waals surface area contributed by atoms with Crippen molar-refractivity contribution in [1.82, 2.24) is 9.88 Å². The fraction of sp³-hybridized carbons (Fsp3) is 0.611. The lowest BCUT2D eigenvalue weighted by molar-refractivity contribution is -0.143. The van der Waals surface area contributed by atoms with Crippen molar-refractivity contribution in [2.24, 2.45) is 5.92 Å². The number of hydrogen-bond acceptors (Lipinski definition) is 5. The molecule has 1 amide bonds. The number of carbonyl (C=O) groups excluding carboxylic acids is 2. The van der Waals surface area contributed by atoms with Crippen molar-refractivity contribution < 1.29 is 19.1 Å². The molecular weight excluding hydrogens is 344 g/mol. The smallest absolute Gasteiger partial charge is 0.307 e. The number of carbonyl (C=O) groups is 2. The zero-order valence-corrected chi connectivity index (χ0v) is 15.7. The summed E-state index contributed by atoms with van der Waals surface area (Å²) >= 11 is 6.18. The molecule has 0 atom stereocenters. The van der Waals surface area contributed by atoms with Gasteiger partial charge in [-0.25, -0.2) is 4.98 Å². The van der Waals surface area contributed by atoms with E-state index in [0.29, 0.717) is 42.1 Å². The Hall–Kier alpha value is -1.82. The van der Waals surface area contributed by atoms with Gasteiger partial charge in [0, 0.05) is 19.3 Å². The molecule has 1 heterocycles. The Kier molecular flexibility index (Phi) is 7.05. The Morgan fingerprint density at radius 1 is 1.40 bits per heavy atom. The molecular formula is C18H25ClN2O4. The lowest BCUT2D eigenvalue weighted by atomic mass is 10.2. The maximum Gasteiger partial charge on any atom is 0.307 e. The van der Waals surface area contributed by atoms with E-state index in [0.717, 1.165) is 12.8 Å². The summed E-state index contributed by atoms with van der Waals surface area (Å²) in [5, 5.41) is 0.302. The topological polar surface area (TPSA) is 68.7 Å². The Morgan fingerprint density at radius 3 is 2.68 bits per heavy atom. The van der Waals surface area contributed by atoms with E-state index in [9.17, 15) is 9.59 Å². The van der Waals surface area contributed by atoms with Gasteiger partial charge in [-0.1, -0.05) is 11.6 Å². The number of amides is 1. The second kappa shape index (κ2) is 9.04. The van der Waals surface area contributed by atoms with Gasteiger partial charge in [0.25, 0.3) is 5.91 Å². The van der Waals surface area contributed by atoms with Crippen molar-refractivity contribution in [3.05, 3.63) is 22.8 Å². The van der Waals surface area contributed by atoms with Crippen LogP contribution in [0.15, 0.2) is 12.3 Å². The van der Waals surface area contributed by atoms with Crippen LogP contribution in [0, 0.1) is 5.92 Å². The molecule has 0 N–H and O–H groups in total. The van der Waals surface area contributed by atoms with Crippen LogP contribution in [0.1, 0.15) is 50.4 Å². The monoisotopic (exact) mass is 368 g/mol. The summed E-state index contributed by atoms with van der Waals surface area (Å²) < 4.78 is 10.4. The van der Waals surface area contributed by atoms with Crippen molar-refractivity contribution in [3.63, 3.8) is 0 Å². The minimum absolute atomic E-state index is 0.0532. The van der Waals surface area contributed by atoms with E-state index in [-0.39, 0.29) is 24.4 Å². The molecule has 0 bridgehead atoms. The van der Waals surface area contributed by atoms with E-state index >= 15 is 0 Å². The van der Waals surface area contributed by atoms with Crippen LogP contribution in [-0.2, 0) is 9.53 Å². The summed E-state index contributed by atoms with van der Waals surface area (Å²) in [5.74, 6) is 0.348. The van der Waals surface area contributed by atoms with Crippen LogP contribution in [-0.4, -0.2) is 47.6 Å². The van der Waals surface area contributed by atoms with Crippen LogP contribution in [0.5, 0.6) is 5.88 Å². The average Bonchev–Trinajstić information content (AvgIpc) is 3.36. The highest BCUT2D eigenvalue weighted by atomic mass is 35.5. The van der Waals surface area contributed by atoms with Gasteiger partial charge in [0.15, 0.2) is 0 Å². The van der Waals surface area contributed by atoms with Crippen molar-refractivity contribution in [2.75, 3.05) is 19.7 Å². The van der Waals surface area contributed by atoms with Gasteiger partial charge in [0.2, 0.25) is 5.88 Å². The first-order valence-electron chi connectivity index (χ1n) is 8.67. The molecule has 1 aliphatic rings. The second-order valence-corrected chi connectivity index (χ2v) is 6.83. The Balaban J connectivity index is 2.06. The number of ether oxygens (including phenoxy) is 2. The number of aromatic nitrogens is 1. The van der Waals surface area contributed by atoms with Crippen LogP contribution >= 0.6 is 11.6 Å². The third-order valence-electron chi connectivity index (χ3n) is 3.76. The molecule has 1 aromatic rings. The highest BCUT2D eigenvalue weighted by Gasteiger charge is 2.28. The van der Waals surface area contributed by atoms with Crippen LogP contribution in [0.2, 0.25) is 5.02 Å². The van der Waals surface area contributed by atoms with Gasteiger partial charge in [-0.15, -0.1) is 0 Å². The van der Waals surface area contributed by atoms with E-state index in [2.05, 4.69) is 4.98 Å². The van der Waals surface area contributed by atoms with Crippen LogP contribution in [0.25, 0.3) is 0 Å². The molecule has 0 unspecified atom stereocenters. The van der Waals surface area contributed by atoms with Gasteiger partial charge >= 0.3 is 5.97 Å². The molecule has 7 heteroatoms. The van der Waals surface area contributed by atoms with E-state index in [1.54, 1.807) is 17.9 Å². The first kappa shape index (κ1) is 19.5. The molecule has 0 aliphatic heterocycles. The normalized spacial score (nSPS) is 13.6. The molecule has 1 fully saturated rings. The van der Waals surface area contributed by atoms with Crippen LogP contribution in [0.4, 0.5) is 0 Å². The summed E-state index contributed by atoms with van der Waals surface area (Å²) in [5.41, 5.74) is 0.394. The highest BCUT2D eigenvalue weighted by molar-refractivity contribution is 6.32. The minimum atomic E-state index is -0.298. The van der Waals surface area contributed by atoms with Crippen molar-refractivity contribution >= 4 is 23.5 Å². The molecule has 2 rings (SSSR count). The van der Waals surface area contributed by atoms with Crippen LogP contribution in [0.3, 0.4) is 0 Å². The molecule has 0 aromatic carbocycles. The number of rotatable bonds is 9. The number of pyridine rings is 1. The molecule has 0 spiro atoms. The predicted molar refractivity (Wildman–Crippen MR) is 94.9 cm³/mol. The highest BCUT2D eigenvalue weighted by Crippen LogP contribution is 2.31. The van der Waals surface area contributed by atoms with Crippen LogP contribution < -0.4 is 4.74 Å². The summed E-state index contributed by atoms with van der Waals surface area (Å²) in [7, 11) is 0. The molecule has 0 radical (unpaired) electrons. The molecule has 0 saturated heterocycles. The van der Waals surface area contributed by atoms with Gasteiger partial charge in [0.05, 0.1) is 24.7 Å². The summed E-state index contributed by atoms with van der Waals surface area (Å²) in [6.07, 6.45) is 3.83. The molecule has 25 heavy (non-hydrogen) atoms. The number of nitrogens with zero attached hydrogens (tertiary/aromatic N) is 2. The summed E-state index contributed by atoms with van der Waals surface area (Å²) in [6.45, 7) is 6.83. The van der Waals surface area contributed by atoms with Gasteiger partial charge in [-0.2, -0.15) is 0 Å². The molecule has 1 aliphatic carbocycles. The van der Waals surface area contributed by atoms with Crippen molar-refractivity contribution in [2.45, 2.75) is 46.1 Å². The van der Waals surface area contributed by atoms with E-state index in [1.165, 1.54) is 6.20 Å². The predicted octanol–water partition coefficient (Wildman–Crippen LogP) is 3.33. The number of halogens is 1. The van der Waals surface area contributed by atoms with Crippen molar-refractivity contribution in [1.29, 1.82) is 0 Å². The fourth-order valence-electron chi connectivity index (χ4n) is 2.38. The SMILES string of the molecule is CCOC(=O)CCN(CC1CC1)C(=O)c1cnc(OC(C)C)c(Cl)c1. The van der Waals surface area contributed by atoms with Gasteiger partial charge < -0.3 is 14.4 Å². The van der Waals surface area contributed by atoms with Crippen molar-refractivity contribution in [3.8, 4) is 5.88 Å². The zero-order chi connectivity index (χ0) is 18.4. The Bertz CT molecular complexity index is 617. The molecule has 6 nitrogen and oxygen atoms in total. The average molecular weight is 369 g/mol. The zero-order valence-electron chi connectivity index (χ0n) is 15.0. The second-order valence-electron chi connectivity index (χ2n) is 6.43. The standard InChI is InChI=1S/C18H25ClN2O4/c1-4-24-16(22)7-8-21(11-13-5-6-13)18(23)14-9-15(19)17(20-10-14)25-12(2)3/h9-10,12-13H,4-8,11H2,1-3H3. The van der Waals surface area contributed by atoms with E-state index < -0.39 is 0 Å². The van der Waals surface area contributed by atoms with Gasteiger partial charge in [-0.3, -0.25) is 9.59 Å². The molecule has 138 valence electrons. The third-order valence-corrected chi connectivity index (χ3v) is 4.03. The first-order valence-corrected chi connectivity index (χ1v) is 9.05.